The molecule has 0 aromatic carbocycles. The average Bonchev–Trinajstić information content (AvgIpc) is 2.43. The van der Waals surface area contributed by atoms with E-state index in [0.717, 1.165) is 6.42 Å². The zero-order chi connectivity index (χ0) is 14.9. The SMILES string of the molecule is CCCCCCCCCCCCC=CC=COC(C)=O. The molecule has 0 atom stereocenters. The van der Waals surface area contributed by atoms with Gasteiger partial charge in [0.05, 0.1) is 6.26 Å². The van der Waals surface area contributed by atoms with Crippen molar-refractivity contribution < 1.29 is 9.53 Å². The zero-order valence-corrected chi connectivity index (χ0v) is 13.4. The van der Waals surface area contributed by atoms with Crippen LogP contribution in [-0.2, 0) is 9.53 Å². The molecule has 2 heteroatoms. The van der Waals surface area contributed by atoms with Crippen LogP contribution in [-0.4, -0.2) is 5.97 Å². The highest BCUT2D eigenvalue weighted by Gasteiger charge is 1.91. The number of carbonyl (C=O) groups excluding carboxylic acids is 1. The Morgan fingerprint density at radius 2 is 1.40 bits per heavy atom. The van der Waals surface area contributed by atoms with Crippen LogP contribution in [0.1, 0.15) is 84.5 Å². The van der Waals surface area contributed by atoms with E-state index in [0.29, 0.717) is 0 Å². The highest BCUT2D eigenvalue weighted by atomic mass is 16.5. The van der Waals surface area contributed by atoms with Crippen molar-refractivity contribution >= 4 is 5.97 Å². The molecule has 2 nitrogen and oxygen atoms in total. The van der Waals surface area contributed by atoms with Crippen LogP contribution in [0.25, 0.3) is 0 Å². The fraction of sp³-hybridized carbons (Fsp3) is 0.722. The molecule has 0 aliphatic heterocycles. The number of carbonyl (C=O) groups is 1. The lowest BCUT2D eigenvalue weighted by atomic mass is 10.1. The predicted molar refractivity (Wildman–Crippen MR) is 86.5 cm³/mol. The highest BCUT2D eigenvalue weighted by Crippen LogP contribution is 2.11. The summed E-state index contributed by atoms with van der Waals surface area (Å²) < 4.78 is 4.68. The van der Waals surface area contributed by atoms with Crippen molar-refractivity contribution in [1.29, 1.82) is 0 Å². The maximum Gasteiger partial charge on any atom is 0.307 e. The van der Waals surface area contributed by atoms with Crippen molar-refractivity contribution in [2.24, 2.45) is 0 Å². The third-order valence-corrected chi connectivity index (χ3v) is 3.28. The summed E-state index contributed by atoms with van der Waals surface area (Å²) in [4.78, 5) is 10.5. The van der Waals surface area contributed by atoms with Gasteiger partial charge in [0.25, 0.3) is 0 Å². The molecule has 0 spiro atoms. The van der Waals surface area contributed by atoms with Gasteiger partial charge in [-0.25, -0.2) is 0 Å². The molecule has 0 aromatic rings. The molecular weight excluding hydrogens is 248 g/mol. The number of allylic oxidation sites excluding steroid dienone is 3. The summed E-state index contributed by atoms with van der Waals surface area (Å²) in [5.74, 6) is -0.274. The molecule has 0 bridgehead atoms. The summed E-state index contributed by atoms with van der Waals surface area (Å²) in [5.41, 5.74) is 0. The van der Waals surface area contributed by atoms with Crippen LogP contribution in [0, 0.1) is 0 Å². The van der Waals surface area contributed by atoms with Gasteiger partial charge in [-0.1, -0.05) is 76.9 Å². The number of esters is 1. The number of hydrogen-bond acceptors (Lipinski definition) is 2. The first-order chi connectivity index (χ1) is 9.77. The van der Waals surface area contributed by atoms with E-state index in [2.05, 4.69) is 17.7 Å². The summed E-state index contributed by atoms with van der Waals surface area (Å²) in [6.45, 7) is 3.67. The molecule has 20 heavy (non-hydrogen) atoms. The van der Waals surface area contributed by atoms with E-state index in [1.807, 2.05) is 6.08 Å². The molecule has 0 aromatic heterocycles. The van der Waals surface area contributed by atoms with Gasteiger partial charge >= 0.3 is 5.97 Å². The van der Waals surface area contributed by atoms with Crippen molar-refractivity contribution in [1.82, 2.24) is 0 Å². The molecule has 0 aliphatic rings. The molecule has 0 N–H and O–H groups in total. The van der Waals surface area contributed by atoms with Gasteiger partial charge in [-0.3, -0.25) is 4.79 Å². The van der Waals surface area contributed by atoms with Gasteiger partial charge in [-0.05, 0) is 18.9 Å². The Hall–Kier alpha value is -1.05. The van der Waals surface area contributed by atoms with E-state index in [1.165, 1.54) is 77.4 Å². The summed E-state index contributed by atoms with van der Waals surface area (Å²) in [6, 6.07) is 0. The summed E-state index contributed by atoms with van der Waals surface area (Å²) in [7, 11) is 0. The normalized spacial score (nSPS) is 11.5. The first-order valence-corrected chi connectivity index (χ1v) is 8.26. The minimum absolute atomic E-state index is 0.274. The number of unbranched alkanes of at least 4 members (excludes halogenated alkanes) is 10. The topological polar surface area (TPSA) is 26.3 Å². The van der Waals surface area contributed by atoms with E-state index < -0.39 is 0 Å². The maximum atomic E-state index is 10.5. The van der Waals surface area contributed by atoms with Crippen LogP contribution in [0.15, 0.2) is 24.5 Å². The van der Waals surface area contributed by atoms with Gasteiger partial charge in [0, 0.05) is 6.92 Å². The second kappa shape index (κ2) is 16.0. The van der Waals surface area contributed by atoms with Crippen LogP contribution in [0.4, 0.5) is 0 Å². The van der Waals surface area contributed by atoms with Gasteiger partial charge < -0.3 is 4.74 Å². The Morgan fingerprint density at radius 1 is 0.850 bits per heavy atom. The van der Waals surface area contributed by atoms with Crippen LogP contribution in [0.3, 0.4) is 0 Å². The quantitative estimate of drug-likeness (QED) is 0.181. The van der Waals surface area contributed by atoms with E-state index in [4.69, 9.17) is 0 Å². The van der Waals surface area contributed by atoms with E-state index >= 15 is 0 Å². The molecule has 0 rings (SSSR count). The molecular formula is C18H32O2. The van der Waals surface area contributed by atoms with Crippen LogP contribution < -0.4 is 0 Å². The molecule has 0 saturated heterocycles. The molecule has 0 unspecified atom stereocenters. The van der Waals surface area contributed by atoms with Crippen LogP contribution >= 0.6 is 0 Å². The Kier molecular flexibility index (Phi) is 15.2. The lowest BCUT2D eigenvalue weighted by Gasteiger charge is -2.01. The largest absolute Gasteiger partial charge is 0.435 e. The molecule has 0 heterocycles. The lowest BCUT2D eigenvalue weighted by molar-refractivity contribution is -0.135. The number of rotatable bonds is 13. The van der Waals surface area contributed by atoms with Crippen molar-refractivity contribution in [3.05, 3.63) is 24.5 Å². The number of ether oxygens (including phenoxy) is 1. The fourth-order valence-corrected chi connectivity index (χ4v) is 2.10. The summed E-state index contributed by atoms with van der Waals surface area (Å²) in [5, 5.41) is 0. The maximum absolute atomic E-state index is 10.5. The predicted octanol–water partition coefficient (Wildman–Crippen LogP) is 5.93. The Bertz CT molecular complexity index is 267. The molecule has 0 saturated carbocycles. The van der Waals surface area contributed by atoms with Gasteiger partial charge in [-0.2, -0.15) is 0 Å². The van der Waals surface area contributed by atoms with Crippen molar-refractivity contribution in [2.45, 2.75) is 84.5 Å². The van der Waals surface area contributed by atoms with Crippen LogP contribution in [0.2, 0.25) is 0 Å². The zero-order valence-electron chi connectivity index (χ0n) is 13.4. The van der Waals surface area contributed by atoms with Gasteiger partial charge in [0.1, 0.15) is 0 Å². The van der Waals surface area contributed by atoms with Crippen LogP contribution in [0.5, 0.6) is 0 Å². The molecule has 116 valence electrons. The Labute approximate surface area is 125 Å². The van der Waals surface area contributed by atoms with E-state index in [9.17, 15) is 4.79 Å². The van der Waals surface area contributed by atoms with Crippen molar-refractivity contribution in [2.75, 3.05) is 0 Å². The second-order valence-electron chi connectivity index (χ2n) is 5.34. The Balaban J connectivity index is 3.14. The van der Waals surface area contributed by atoms with Gasteiger partial charge in [-0.15, -0.1) is 0 Å². The number of hydrogen-bond donors (Lipinski definition) is 0. The average molecular weight is 280 g/mol. The minimum atomic E-state index is -0.274. The summed E-state index contributed by atoms with van der Waals surface area (Å²) in [6.07, 6.45) is 22.1. The standard InChI is InChI=1S/C18H32O2/c1-3-4-5-6-7-8-9-10-11-12-13-14-15-16-17-20-18(2)19/h14-17H,3-13H2,1-2H3. The van der Waals surface area contributed by atoms with E-state index in [1.54, 1.807) is 6.08 Å². The monoisotopic (exact) mass is 280 g/mol. The summed E-state index contributed by atoms with van der Waals surface area (Å²) >= 11 is 0. The molecule has 0 radical (unpaired) electrons. The lowest BCUT2D eigenvalue weighted by Crippen LogP contribution is -1.88. The van der Waals surface area contributed by atoms with Gasteiger partial charge in [0.2, 0.25) is 0 Å². The Morgan fingerprint density at radius 3 is 1.95 bits per heavy atom. The third kappa shape index (κ3) is 16.9. The third-order valence-electron chi connectivity index (χ3n) is 3.28. The minimum Gasteiger partial charge on any atom is -0.435 e. The molecule has 0 fully saturated rings. The van der Waals surface area contributed by atoms with Crippen molar-refractivity contribution in [3.63, 3.8) is 0 Å². The second-order valence-corrected chi connectivity index (χ2v) is 5.34. The van der Waals surface area contributed by atoms with Crippen molar-refractivity contribution in [3.8, 4) is 0 Å². The smallest absolute Gasteiger partial charge is 0.307 e. The highest BCUT2D eigenvalue weighted by molar-refractivity contribution is 5.66. The molecule has 0 amide bonds. The fourth-order valence-electron chi connectivity index (χ4n) is 2.10. The van der Waals surface area contributed by atoms with Gasteiger partial charge in [0.15, 0.2) is 0 Å². The molecule has 0 aliphatic carbocycles. The van der Waals surface area contributed by atoms with E-state index in [-0.39, 0.29) is 5.97 Å². The first kappa shape index (κ1) is 18.9. The first-order valence-electron chi connectivity index (χ1n) is 8.26.